The van der Waals surface area contributed by atoms with E-state index in [9.17, 15) is 13.2 Å². The van der Waals surface area contributed by atoms with Crippen LogP contribution in [0.15, 0.2) is 65.8 Å². The van der Waals surface area contributed by atoms with Gasteiger partial charge in [-0.3, -0.25) is 14.5 Å². The van der Waals surface area contributed by atoms with Gasteiger partial charge in [0.2, 0.25) is 0 Å². The molecule has 0 radical (unpaired) electrons. The van der Waals surface area contributed by atoms with Crippen molar-refractivity contribution in [1.82, 2.24) is 10.3 Å². The van der Waals surface area contributed by atoms with Crippen molar-refractivity contribution in [1.29, 1.82) is 0 Å². The van der Waals surface area contributed by atoms with Gasteiger partial charge in [-0.25, -0.2) is 8.42 Å². The number of nitrogens with zero attached hydrogens (tertiary/aromatic N) is 1. The highest BCUT2D eigenvalue weighted by atomic mass is 35.5. The lowest BCUT2D eigenvalue weighted by Crippen LogP contribution is -2.26. The molecule has 1 heterocycles. The summed E-state index contributed by atoms with van der Waals surface area (Å²) in [6, 6.07) is 12.4. The highest BCUT2D eigenvalue weighted by Gasteiger charge is 2.22. The third-order valence-corrected chi connectivity index (χ3v) is 6.31. The molecule has 1 aromatic heterocycles. The topological polar surface area (TPSA) is 97.4 Å². The molecule has 1 amide bonds. The van der Waals surface area contributed by atoms with Crippen LogP contribution in [0.2, 0.25) is 10.0 Å². The number of nitrogens with one attached hydrogen (secondary N) is 2. The van der Waals surface area contributed by atoms with Gasteiger partial charge in [0.1, 0.15) is 10.6 Å². The highest BCUT2D eigenvalue weighted by Crippen LogP contribution is 2.24. The normalized spacial score (nSPS) is 11.1. The van der Waals surface area contributed by atoms with Crippen LogP contribution >= 0.6 is 23.2 Å². The highest BCUT2D eigenvalue weighted by molar-refractivity contribution is 7.92. The second-order valence-electron chi connectivity index (χ2n) is 6.38. The van der Waals surface area contributed by atoms with E-state index < -0.39 is 15.9 Å². The van der Waals surface area contributed by atoms with Crippen LogP contribution in [-0.4, -0.2) is 25.9 Å². The van der Waals surface area contributed by atoms with Crippen LogP contribution in [-0.2, 0) is 16.6 Å². The van der Waals surface area contributed by atoms with E-state index in [1.807, 2.05) is 6.92 Å². The Kier molecular flexibility index (Phi) is 7.37. The molecule has 2 aromatic carbocycles. The summed E-state index contributed by atoms with van der Waals surface area (Å²) in [4.78, 5) is 16.5. The fourth-order valence-corrected chi connectivity index (χ4v) is 4.31. The first-order valence-electron chi connectivity index (χ1n) is 9.22. The number of rotatable bonds is 8. The molecular formula is C21H19Cl2N3O4S. The van der Waals surface area contributed by atoms with E-state index in [-0.39, 0.29) is 22.7 Å². The van der Waals surface area contributed by atoms with Crippen molar-refractivity contribution in [2.24, 2.45) is 0 Å². The lowest BCUT2D eigenvalue weighted by atomic mass is 10.2. The fourth-order valence-electron chi connectivity index (χ4n) is 2.75. The number of hydrogen-bond donors (Lipinski definition) is 2. The van der Waals surface area contributed by atoms with Gasteiger partial charge >= 0.3 is 0 Å². The van der Waals surface area contributed by atoms with Gasteiger partial charge in [-0.1, -0.05) is 41.4 Å². The summed E-state index contributed by atoms with van der Waals surface area (Å²) in [5.41, 5.74) is 0.945. The SMILES string of the molecule is CCOc1cncc(NS(=O)(=O)c2ccccc2C(=O)NCc2ccc(Cl)c(Cl)c2)c1. The summed E-state index contributed by atoms with van der Waals surface area (Å²) < 4.78 is 33.7. The van der Waals surface area contributed by atoms with Crippen molar-refractivity contribution in [2.75, 3.05) is 11.3 Å². The molecule has 2 N–H and O–H groups in total. The van der Waals surface area contributed by atoms with E-state index in [2.05, 4.69) is 15.0 Å². The Hall–Kier alpha value is -2.81. The van der Waals surface area contributed by atoms with Gasteiger partial charge in [-0.15, -0.1) is 0 Å². The van der Waals surface area contributed by atoms with Crippen LogP contribution in [0.4, 0.5) is 5.69 Å². The van der Waals surface area contributed by atoms with Crippen molar-refractivity contribution in [2.45, 2.75) is 18.4 Å². The number of halogens is 2. The minimum absolute atomic E-state index is 0.00369. The van der Waals surface area contributed by atoms with Gasteiger partial charge in [0.05, 0.1) is 40.3 Å². The predicted molar refractivity (Wildman–Crippen MR) is 120 cm³/mol. The minimum Gasteiger partial charge on any atom is -0.492 e. The summed E-state index contributed by atoms with van der Waals surface area (Å²) in [5.74, 6) is -0.122. The van der Waals surface area contributed by atoms with E-state index in [1.165, 1.54) is 30.6 Å². The molecule has 0 fully saturated rings. The molecule has 0 unspecified atom stereocenters. The zero-order chi connectivity index (χ0) is 22.4. The van der Waals surface area contributed by atoms with Gasteiger partial charge in [-0.05, 0) is 36.8 Å². The van der Waals surface area contributed by atoms with Crippen molar-refractivity contribution in [3.8, 4) is 5.75 Å². The number of sulfonamides is 1. The maximum absolute atomic E-state index is 13.0. The Morgan fingerprint density at radius 2 is 1.84 bits per heavy atom. The number of carbonyl (C=O) groups is 1. The standard InChI is InChI=1S/C21H19Cl2N3O4S/c1-2-30-16-10-15(12-24-13-16)26-31(28,29)20-6-4-3-5-17(20)21(27)25-11-14-7-8-18(22)19(23)9-14/h3-10,12-13,26H,2,11H2,1H3,(H,25,27). The molecule has 0 aliphatic carbocycles. The molecule has 3 rings (SSSR count). The summed E-state index contributed by atoms with van der Waals surface area (Å²) in [5, 5.41) is 3.47. The van der Waals surface area contributed by atoms with Crippen LogP contribution in [0.5, 0.6) is 5.75 Å². The van der Waals surface area contributed by atoms with Crippen molar-refractivity contribution in [3.05, 3.63) is 82.1 Å². The van der Waals surface area contributed by atoms with Gasteiger partial charge in [-0.2, -0.15) is 0 Å². The summed E-state index contributed by atoms with van der Waals surface area (Å²) in [6.07, 6.45) is 2.83. The second-order valence-corrected chi connectivity index (χ2v) is 8.84. The van der Waals surface area contributed by atoms with E-state index in [0.717, 1.165) is 5.56 Å². The summed E-state index contributed by atoms with van der Waals surface area (Å²) in [7, 11) is -4.06. The molecule has 31 heavy (non-hydrogen) atoms. The van der Waals surface area contributed by atoms with E-state index >= 15 is 0 Å². The van der Waals surface area contributed by atoms with E-state index in [1.54, 1.807) is 30.3 Å². The van der Waals surface area contributed by atoms with E-state index in [4.69, 9.17) is 27.9 Å². The van der Waals surface area contributed by atoms with Crippen LogP contribution < -0.4 is 14.8 Å². The molecular weight excluding hydrogens is 461 g/mol. The summed E-state index contributed by atoms with van der Waals surface area (Å²) >= 11 is 11.9. The second kappa shape index (κ2) is 10.00. The smallest absolute Gasteiger partial charge is 0.262 e. The first-order valence-corrected chi connectivity index (χ1v) is 11.5. The molecule has 3 aromatic rings. The molecule has 0 saturated carbocycles. The van der Waals surface area contributed by atoms with Crippen molar-refractivity contribution < 1.29 is 17.9 Å². The quantitative estimate of drug-likeness (QED) is 0.494. The molecule has 10 heteroatoms. The number of amides is 1. The number of carbonyl (C=O) groups excluding carboxylic acids is 1. The maximum Gasteiger partial charge on any atom is 0.262 e. The third kappa shape index (κ3) is 5.88. The number of pyridine rings is 1. The Balaban J connectivity index is 1.80. The first-order chi connectivity index (χ1) is 14.8. The zero-order valence-corrected chi connectivity index (χ0v) is 18.8. The molecule has 7 nitrogen and oxygen atoms in total. The lowest BCUT2D eigenvalue weighted by Gasteiger charge is -2.13. The first kappa shape index (κ1) is 22.9. The maximum atomic E-state index is 13.0. The number of aromatic nitrogens is 1. The lowest BCUT2D eigenvalue weighted by molar-refractivity contribution is 0.0947. The molecule has 162 valence electrons. The van der Waals surface area contributed by atoms with Crippen LogP contribution in [0.1, 0.15) is 22.8 Å². The Bertz CT molecular complexity index is 1200. The molecule has 0 bridgehead atoms. The van der Waals surface area contributed by atoms with Gasteiger partial charge in [0, 0.05) is 12.6 Å². The predicted octanol–water partition coefficient (Wildman–Crippen LogP) is 4.52. The van der Waals surface area contributed by atoms with E-state index in [0.29, 0.717) is 22.4 Å². The Labute approximate surface area is 190 Å². The number of anilines is 1. The van der Waals surface area contributed by atoms with Crippen molar-refractivity contribution >= 4 is 44.8 Å². The van der Waals surface area contributed by atoms with Gasteiger partial charge in [0.15, 0.2) is 0 Å². The van der Waals surface area contributed by atoms with Crippen LogP contribution in [0, 0.1) is 0 Å². The zero-order valence-electron chi connectivity index (χ0n) is 16.4. The molecule has 0 spiro atoms. The minimum atomic E-state index is -4.06. The monoisotopic (exact) mass is 479 g/mol. The molecule has 0 saturated heterocycles. The largest absolute Gasteiger partial charge is 0.492 e. The third-order valence-electron chi connectivity index (χ3n) is 4.13. The Morgan fingerprint density at radius 3 is 2.58 bits per heavy atom. The number of hydrogen-bond acceptors (Lipinski definition) is 5. The molecule has 0 aliphatic rings. The number of ether oxygens (including phenoxy) is 1. The molecule has 0 atom stereocenters. The average Bonchev–Trinajstić information content (AvgIpc) is 2.74. The Morgan fingerprint density at radius 1 is 1.06 bits per heavy atom. The van der Waals surface area contributed by atoms with Crippen LogP contribution in [0.3, 0.4) is 0 Å². The summed E-state index contributed by atoms with van der Waals surface area (Å²) in [6.45, 7) is 2.38. The number of benzene rings is 2. The van der Waals surface area contributed by atoms with Gasteiger partial charge < -0.3 is 10.1 Å². The molecule has 0 aliphatic heterocycles. The van der Waals surface area contributed by atoms with Gasteiger partial charge in [0.25, 0.3) is 15.9 Å². The van der Waals surface area contributed by atoms with Crippen LogP contribution in [0.25, 0.3) is 0 Å². The fraction of sp³-hybridized carbons (Fsp3) is 0.143. The van der Waals surface area contributed by atoms with Crippen molar-refractivity contribution in [3.63, 3.8) is 0 Å². The average molecular weight is 480 g/mol.